The Morgan fingerprint density at radius 3 is 2.67 bits per heavy atom. The van der Waals surface area contributed by atoms with Gasteiger partial charge in [0.2, 0.25) is 0 Å². The van der Waals surface area contributed by atoms with Crippen LogP contribution in [0.1, 0.15) is 53.4 Å². The first-order chi connectivity index (χ1) is 9.58. The maximum Gasteiger partial charge on any atom is 0.330 e. The van der Waals surface area contributed by atoms with Gasteiger partial charge < -0.3 is 19.7 Å². The summed E-state index contributed by atoms with van der Waals surface area (Å²) < 4.78 is 10.5. The number of methoxy groups -OCH3 is 1. The third kappa shape index (κ3) is 5.09. The maximum absolute atomic E-state index is 11.1. The molecule has 5 heteroatoms. The van der Waals surface area contributed by atoms with Crippen molar-refractivity contribution in [2.75, 3.05) is 7.11 Å². The van der Waals surface area contributed by atoms with Crippen LogP contribution >= 0.6 is 0 Å². The monoisotopic (exact) mass is 300 g/mol. The standard InChI is InChI=1S/C16H28O5/c1-11(10-14(18)20-5)6-7-12(17)16(4)9-8-13(21-16)15(2,3)19/h10,12-13,17,19H,6-9H2,1-5H3/t12-,13+,16+/m0/s1. The van der Waals surface area contributed by atoms with Crippen molar-refractivity contribution in [2.45, 2.75) is 76.8 Å². The van der Waals surface area contributed by atoms with Gasteiger partial charge in [0.05, 0.1) is 30.5 Å². The fraction of sp³-hybridized carbons (Fsp3) is 0.812. The van der Waals surface area contributed by atoms with Crippen LogP contribution in [0.2, 0.25) is 0 Å². The van der Waals surface area contributed by atoms with Gasteiger partial charge in [-0.15, -0.1) is 0 Å². The molecule has 21 heavy (non-hydrogen) atoms. The predicted octanol–water partition coefficient (Wildman–Crippen LogP) is 1.96. The molecule has 1 fully saturated rings. The Bertz CT molecular complexity index is 396. The Morgan fingerprint density at radius 1 is 1.57 bits per heavy atom. The Balaban J connectivity index is 2.54. The van der Waals surface area contributed by atoms with Gasteiger partial charge in [-0.25, -0.2) is 4.79 Å². The molecule has 0 saturated carbocycles. The second kappa shape index (κ2) is 6.90. The lowest BCUT2D eigenvalue weighted by molar-refractivity contribution is -0.153. The Labute approximate surface area is 126 Å². The van der Waals surface area contributed by atoms with Gasteiger partial charge in [0.15, 0.2) is 0 Å². The summed E-state index contributed by atoms with van der Waals surface area (Å²) in [6, 6.07) is 0. The van der Waals surface area contributed by atoms with Crippen LogP contribution in [-0.2, 0) is 14.3 Å². The van der Waals surface area contributed by atoms with E-state index in [1.54, 1.807) is 13.8 Å². The molecule has 3 atom stereocenters. The molecule has 1 rings (SSSR count). The summed E-state index contributed by atoms with van der Waals surface area (Å²) in [5, 5.41) is 20.4. The van der Waals surface area contributed by atoms with Crippen molar-refractivity contribution in [2.24, 2.45) is 0 Å². The third-order valence-corrected chi connectivity index (χ3v) is 4.18. The summed E-state index contributed by atoms with van der Waals surface area (Å²) in [6.45, 7) is 7.15. The zero-order chi connectivity index (χ0) is 16.3. The first kappa shape index (κ1) is 18.1. The summed E-state index contributed by atoms with van der Waals surface area (Å²) in [5.74, 6) is -0.382. The lowest BCUT2D eigenvalue weighted by atomic mass is 9.90. The van der Waals surface area contributed by atoms with E-state index in [4.69, 9.17) is 4.74 Å². The lowest BCUT2D eigenvalue weighted by Gasteiger charge is -2.33. The minimum atomic E-state index is -0.905. The van der Waals surface area contributed by atoms with E-state index in [-0.39, 0.29) is 12.1 Å². The number of allylic oxidation sites excluding steroid dienone is 1. The second-order valence-corrected chi connectivity index (χ2v) is 6.68. The quantitative estimate of drug-likeness (QED) is 0.579. The first-order valence-corrected chi connectivity index (χ1v) is 7.42. The van der Waals surface area contributed by atoms with Gasteiger partial charge in [-0.05, 0) is 53.4 Å². The van der Waals surface area contributed by atoms with Crippen LogP contribution in [-0.4, -0.2) is 46.7 Å². The molecule has 0 spiro atoms. The normalized spacial score (nSPS) is 28.5. The number of ether oxygens (including phenoxy) is 2. The molecule has 1 aliphatic heterocycles. The number of carbonyl (C=O) groups is 1. The van der Waals surface area contributed by atoms with E-state index in [9.17, 15) is 15.0 Å². The Hall–Kier alpha value is -0.910. The van der Waals surface area contributed by atoms with Crippen molar-refractivity contribution >= 4 is 5.97 Å². The smallest absolute Gasteiger partial charge is 0.330 e. The van der Waals surface area contributed by atoms with Gasteiger partial charge in [0.1, 0.15) is 0 Å². The molecule has 0 bridgehead atoms. The highest BCUT2D eigenvalue weighted by Crippen LogP contribution is 2.38. The summed E-state index contributed by atoms with van der Waals surface area (Å²) in [4.78, 5) is 11.1. The summed E-state index contributed by atoms with van der Waals surface area (Å²) in [5.41, 5.74) is -0.685. The molecule has 2 N–H and O–H groups in total. The van der Waals surface area contributed by atoms with Crippen LogP contribution in [0.3, 0.4) is 0 Å². The Morgan fingerprint density at radius 2 is 2.19 bits per heavy atom. The fourth-order valence-corrected chi connectivity index (χ4v) is 2.61. The van der Waals surface area contributed by atoms with Crippen LogP contribution in [0, 0.1) is 0 Å². The highest BCUT2D eigenvalue weighted by Gasteiger charge is 2.46. The number of rotatable bonds is 6. The van der Waals surface area contributed by atoms with E-state index < -0.39 is 17.3 Å². The van der Waals surface area contributed by atoms with E-state index in [0.717, 1.165) is 12.0 Å². The van der Waals surface area contributed by atoms with Crippen LogP contribution < -0.4 is 0 Å². The SMILES string of the molecule is COC(=O)C=C(C)CC[C@H](O)[C@@]1(C)CC[C@H](C(C)(C)O)O1. The molecule has 1 heterocycles. The molecular formula is C16H28O5. The lowest BCUT2D eigenvalue weighted by Crippen LogP contribution is -2.43. The number of hydrogen-bond acceptors (Lipinski definition) is 5. The maximum atomic E-state index is 11.1. The van der Waals surface area contributed by atoms with Gasteiger partial charge in [-0.1, -0.05) is 5.57 Å². The fourth-order valence-electron chi connectivity index (χ4n) is 2.61. The number of esters is 1. The third-order valence-electron chi connectivity index (χ3n) is 4.18. The second-order valence-electron chi connectivity index (χ2n) is 6.68. The van der Waals surface area contributed by atoms with Crippen molar-refractivity contribution in [1.29, 1.82) is 0 Å². The van der Waals surface area contributed by atoms with Crippen LogP contribution in [0.15, 0.2) is 11.6 Å². The zero-order valence-electron chi connectivity index (χ0n) is 13.7. The van der Waals surface area contributed by atoms with Gasteiger partial charge in [0, 0.05) is 6.08 Å². The van der Waals surface area contributed by atoms with Crippen molar-refractivity contribution in [1.82, 2.24) is 0 Å². The molecule has 0 amide bonds. The first-order valence-electron chi connectivity index (χ1n) is 7.42. The molecule has 0 aromatic carbocycles. The van der Waals surface area contributed by atoms with Gasteiger partial charge >= 0.3 is 5.97 Å². The van der Waals surface area contributed by atoms with E-state index in [2.05, 4.69) is 4.74 Å². The van der Waals surface area contributed by atoms with Crippen molar-refractivity contribution in [3.63, 3.8) is 0 Å². The van der Waals surface area contributed by atoms with Crippen molar-refractivity contribution < 1.29 is 24.5 Å². The van der Waals surface area contributed by atoms with Crippen LogP contribution in [0.4, 0.5) is 0 Å². The van der Waals surface area contributed by atoms with E-state index in [1.165, 1.54) is 13.2 Å². The Kier molecular flexibility index (Phi) is 5.96. The average Bonchev–Trinajstić information content (AvgIpc) is 2.79. The number of hydrogen-bond donors (Lipinski definition) is 2. The van der Waals surface area contributed by atoms with Gasteiger partial charge in [-0.2, -0.15) is 0 Å². The molecule has 0 aromatic rings. The van der Waals surface area contributed by atoms with Crippen molar-refractivity contribution in [3.05, 3.63) is 11.6 Å². The molecule has 0 radical (unpaired) electrons. The molecule has 1 aliphatic rings. The highest BCUT2D eigenvalue weighted by molar-refractivity contribution is 5.82. The van der Waals surface area contributed by atoms with Gasteiger partial charge in [-0.3, -0.25) is 0 Å². The molecule has 5 nitrogen and oxygen atoms in total. The van der Waals surface area contributed by atoms with Crippen molar-refractivity contribution in [3.8, 4) is 0 Å². The number of aliphatic hydroxyl groups is 2. The summed E-state index contributed by atoms with van der Waals surface area (Å²) >= 11 is 0. The highest BCUT2D eigenvalue weighted by atomic mass is 16.5. The predicted molar refractivity (Wildman–Crippen MR) is 79.8 cm³/mol. The van der Waals surface area contributed by atoms with Gasteiger partial charge in [0.25, 0.3) is 0 Å². The molecule has 0 unspecified atom stereocenters. The van der Waals surface area contributed by atoms with Crippen LogP contribution in [0.25, 0.3) is 0 Å². The average molecular weight is 300 g/mol. The van der Waals surface area contributed by atoms with E-state index in [0.29, 0.717) is 19.3 Å². The summed E-state index contributed by atoms with van der Waals surface area (Å²) in [7, 11) is 1.34. The topological polar surface area (TPSA) is 76.0 Å². The summed E-state index contributed by atoms with van der Waals surface area (Å²) in [6.07, 6.45) is 3.09. The minimum absolute atomic E-state index is 0.260. The molecular weight excluding hydrogens is 272 g/mol. The molecule has 0 aliphatic carbocycles. The number of aliphatic hydroxyl groups excluding tert-OH is 1. The van der Waals surface area contributed by atoms with E-state index >= 15 is 0 Å². The molecule has 0 aromatic heterocycles. The zero-order valence-corrected chi connectivity index (χ0v) is 13.7. The number of carbonyl (C=O) groups excluding carboxylic acids is 1. The minimum Gasteiger partial charge on any atom is -0.466 e. The van der Waals surface area contributed by atoms with Crippen LogP contribution in [0.5, 0.6) is 0 Å². The molecule has 122 valence electrons. The largest absolute Gasteiger partial charge is 0.466 e. The van der Waals surface area contributed by atoms with E-state index in [1.807, 2.05) is 13.8 Å². The molecule has 1 saturated heterocycles.